The van der Waals surface area contributed by atoms with E-state index in [9.17, 15) is 4.79 Å². The van der Waals surface area contributed by atoms with Crippen molar-refractivity contribution >= 4 is 5.91 Å². The van der Waals surface area contributed by atoms with Crippen LogP contribution < -0.4 is 0 Å². The molecule has 0 aliphatic carbocycles. The molecular formula is C17H28N4O. The number of carbonyl (C=O) groups excluding carboxylic acids is 1. The van der Waals surface area contributed by atoms with Crippen molar-refractivity contribution in [2.24, 2.45) is 0 Å². The Morgan fingerprint density at radius 1 is 1.27 bits per heavy atom. The molecule has 5 heteroatoms. The minimum atomic E-state index is 0.348. The Bertz CT molecular complexity index is 513. The first-order valence-corrected chi connectivity index (χ1v) is 8.64. The molecule has 0 unspecified atom stereocenters. The number of likely N-dealkylation sites (N-methyl/N-ethyl adjacent to an activating group) is 1. The highest BCUT2D eigenvalue weighted by Gasteiger charge is 2.37. The molecule has 1 aromatic rings. The monoisotopic (exact) mass is 304 g/mol. The van der Waals surface area contributed by atoms with Gasteiger partial charge in [0.05, 0.1) is 0 Å². The van der Waals surface area contributed by atoms with Gasteiger partial charge in [0.2, 0.25) is 5.91 Å². The molecule has 2 aliphatic rings. The number of imidazole rings is 1. The summed E-state index contributed by atoms with van der Waals surface area (Å²) in [6, 6.07) is 1.04. The SMILES string of the molecule is Cc1nccn1CCCC(=O)N1CCC[C@H]1[C@H]1CCCN1C. The number of likely N-dealkylation sites (tertiary alicyclic amines) is 2. The molecule has 5 nitrogen and oxygen atoms in total. The Balaban J connectivity index is 1.51. The normalized spacial score (nSPS) is 26.0. The van der Waals surface area contributed by atoms with Gasteiger partial charge in [-0.05, 0) is 52.6 Å². The number of rotatable bonds is 5. The fraction of sp³-hybridized carbons (Fsp3) is 0.765. The van der Waals surface area contributed by atoms with Gasteiger partial charge in [-0.25, -0.2) is 4.98 Å². The van der Waals surface area contributed by atoms with Crippen LogP contribution in [0.1, 0.15) is 44.3 Å². The molecule has 3 rings (SSSR count). The van der Waals surface area contributed by atoms with Crippen LogP contribution in [0.5, 0.6) is 0 Å². The Morgan fingerprint density at radius 2 is 2.05 bits per heavy atom. The van der Waals surface area contributed by atoms with Crippen molar-refractivity contribution < 1.29 is 4.79 Å². The average molecular weight is 304 g/mol. The second kappa shape index (κ2) is 6.82. The van der Waals surface area contributed by atoms with Crippen LogP contribution in [0, 0.1) is 6.92 Å². The van der Waals surface area contributed by atoms with Gasteiger partial charge in [-0.3, -0.25) is 4.79 Å². The number of carbonyl (C=O) groups is 1. The standard InChI is InChI=1S/C17H28N4O/c1-14-18-9-13-20(14)11-5-8-17(22)21-12-4-7-16(21)15-6-3-10-19(15)2/h9,13,15-16H,3-8,10-12H2,1-2H3/t15-,16+/m1/s1. The van der Waals surface area contributed by atoms with Gasteiger partial charge in [0.15, 0.2) is 0 Å². The summed E-state index contributed by atoms with van der Waals surface area (Å²) in [5, 5.41) is 0. The molecule has 0 radical (unpaired) electrons. The lowest BCUT2D eigenvalue weighted by atomic mass is 10.0. The van der Waals surface area contributed by atoms with Crippen LogP contribution in [0.3, 0.4) is 0 Å². The maximum absolute atomic E-state index is 12.6. The van der Waals surface area contributed by atoms with E-state index in [0.717, 1.165) is 25.3 Å². The van der Waals surface area contributed by atoms with E-state index < -0.39 is 0 Å². The van der Waals surface area contributed by atoms with Gasteiger partial charge in [0, 0.05) is 44.0 Å². The summed E-state index contributed by atoms with van der Waals surface area (Å²) >= 11 is 0. The number of amides is 1. The lowest BCUT2D eigenvalue weighted by molar-refractivity contribution is -0.133. The molecule has 0 aromatic carbocycles. The van der Waals surface area contributed by atoms with Crippen molar-refractivity contribution in [2.75, 3.05) is 20.1 Å². The number of nitrogens with zero attached hydrogens (tertiary/aromatic N) is 4. The fourth-order valence-corrected chi connectivity index (χ4v) is 4.11. The molecule has 2 aliphatic heterocycles. The average Bonchev–Trinajstić information content (AvgIpc) is 3.20. The summed E-state index contributed by atoms with van der Waals surface area (Å²) in [4.78, 5) is 21.5. The van der Waals surface area contributed by atoms with Gasteiger partial charge in [0.25, 0.3) is 0 Å². The largest absolute Gasteiger partial charge is 0.338 e. The predicted octanol–water partition coefficient (Wildman–Crippen LogP) is 2.06. The summed E-state index contributed by atoms with van der Waals surface area (Å²) in [7, 11) is 2.21. The number of hydrogen-bond acceptors (Lipinski definition) is 3. The zero-order chi connectivity index (χ0) is 15.5. The number of aryl methyl sites for hydroxylation is 2. The zero-order valence-electron chi connectivity index (χ0n) is 13.9. The summed E-state index contributed by atoms with van der Waals surface area (Å²) in [6.45, 7) is 5.04. The predicted molar refractivity (Wildman–Crippen MR) is 86.6 cm³/mol. The third-order valence-corrected chi connectivity index (χ3v) is 5.35. The molecular weight excluding hydrogens is 276 g/mol. The first-order chi connectivity index (χ1) is 10.7. The van der Waals surface area contributed by atoms with E-state index >= 15 is 0 Å². The Kier molecular flexibility index (Phi) is 4.81. The molecule has 2 saturated heterocycles. The molecule has 2 atom stereocenters. The van der Waals surface area contributed by atoms with E-state index in [-0.39, 0.29) is 0 Å². The summed E-state index contributed by atoms with van der Waals surface area (Å²) < 4.78 is 2.12. The molecule has 2 fully saturated rings. The van der Waals surface area contributed by atoms with Gasteiger partial charge in [-0.15, -0.1) is 0 Å². The molecule has 0 saturated carbocycles. The van der Waals surface area contributed by atoms with E-state index in [4.69, 9.17) is 0 Å². The van der Waals surface area contributed by atoms with E-state index in [2.05, 4.69) is 26.4 Å². The third kappa shape index (κ3) is 3.19. The minimum absolute atomic E-state index is 0.348. The third-order valence-electron chi connectivity index (χ3n) is 5.35. The smallest absolute Gasteiger partial charge is 0.222 e. The molecule has 3 heterocycles. The second-order valence-electron chi connectivity index (χ2n) is 6.76. The van der Waals surface area contributed by atoms with Crippen molar-refractivity contribution in [3.05, 3.63) is 18.2 Å². The van der Waals surface area contributed by atoms with Crippen LogP contribution in [0.2, 0.25) is 0 Å². The van der Waals surface area contributed by atoms with Gasteiger partial charge in [-0.1, -0.05) is 0 Å². The molecule has 0 N–H and O–H groups in total. The van der Waals surface area contributed by atoms with E-state index in [1.807, 2.05) is 19.3 Å². The lowest BCUT2D eigenvalue weighted by Gasteiger charge is -2.33. The van der Waals surface area contributed by atoms with Crippen LogP contribution in [0.4, 0.5) is 0 Å². The molecule has 0 spiro atoms. The highest BCUT2D eigenvalue weighted by atomic mass is 16.2. The maximum atomic E-state index is 12.6. The summed E-state index contributed by atoms with van der Waals surface area (Å²) in [5.41, 5.74) is 0. The van der Waals surface area contributed by atoms with Crippen molar-refractivity contribution in [3.8, 4) is 0 Å². The highest BCUT2D eigenvalue weighted by molar-refractivity contribution is 5.76. The van der Waals surface area contributed by atoms with E-state index in [1.54, 1.807) is 0 Å². The van der Waals surface area contributed by atoms with Gasteiger partial charge in [-0.2, -0.15) is 0 Å². The van der Waals surface area contributed by atoms with Gasteiger partial charge in [0.1, 0.15) is 5.82 Å². The summed E-state index contributed by atoms with van der Waals surface area (Å²) in [5.74, 6) is 1.37. The van der Waals surface area contributed by atoms with Crippen LogP contribution in [0.25, 0.3) is 0 Å². The van der Waals surface area contributed by atoms with Gasteiger partial charge < -0.3 is 14.4 Å². The van der Waals surface area contributed by atoms with Gasteiger partial charge >= 0.3 is 0 Å². The second-order valence-corrected chi connectivity index (χ2v) is 6.76. The van der Waals surface area contributed by atoms with Crippen molar-refractivity contribution in [1.82, 2.24) is 19.4 Å². The van der Waals surface area contributed by atoms with Crippen LogP contribution >= 0.6 is 0 Å². The molecule has 1 amide bonds. The van der Waals surface area contributed by atoms with E-state index in [1.165, 1.54) is 32.2 Å². The number of hydrogen-bond donors (Lipinski definition) is 0. The number of aromatic nitrogens is 2. The summed E-state index contributed by atoms with van der Waals surface area (Å²) in [6.07, 6.45) is 10.3. The minimum Gasteiger partial charge on any atom is -0.338 e. The zero-order valence-corrected chi connectivity index (χ0v) is 13.9. The van der Waals surface area contributed by atoms with Crippen molar-refractivity contribution in [3.63, 3.8) is 0 Å². The fourth-order valence-electron chi connectivity index (χ4n) is 4.11. The maximum Gasteiger partial charge on any atom is 0.222 e. The Morgan fingerprint density at radius 3 is 2.73 bits per heavy atom. The Labute approximate surface area is 133 Å². The molecule has 0 bridgehead atoms. The van der Waals surface area contributed by atoms with Crippen LogP contribution in [-0.2, 0) is 11.3 Å². The molecule has 22 heavy (non-hydrogen) atoms. The topological polar surface area (TPSA) is 41.4 Å². The lowest BCUT2D eigenvalue weighted by Crippen LogP contribution is -2.47. The highest BCUT2D eigenvalue weighted by Crippen LogP contribution is 2.29. The van der Waals surface area contributed by atoms with Crippen LogP contribution in [0.15, 0.2) is 12.4 Å². The quantitative estimate of drug-likeness (QED) is 0.836. The van der Waals surface area contributed by atoms with E-state index in [0.29, 0.717) is 24.4 Å². The first-order valence-electron chi connectivity index (χ1n) is 8.64. The molecule has 1 aromatic heterocycles. The Hall–Kier alpha value is -1.36. The van der Waals surface area contributed by atoms with Crippen LogP contribution in [-0.4, -0.2) is 57.5 Å². The first kappa shape index (κ1) is 15.5. The van der Waals surface area contributed by atoms with Crippen molar-refractivity contribution in [2.45, 2.75) is 64.1 Å². The molecule has 122 valence electrons. The van der Waals surface area contributed by atoms with Crippen molar-refractivity contribution in [1.29, 1.82) is 0 Å².